The molecule has 3 nitrogen and oxygen atoms in total. The van der Waals surface area contributed by atoms with Gasteiger partial charge in [-0.25, -0.2) is 18.7 Å². The fraction of sp³-hybridized carbons (Fsp3) is 0.286. The monoisotopic (exact) mass is 261 g/mol. The van der Waals surface area contributed by atoms with Gasteiger partial charge in [0.1, 0.15) is 23.3 Å². The van der Waals surface area contributed by atoms with Gasteiger partial charge in [0, 0.05) is 23.1 Å². The van der Waals surface area contributed by atoms with Gasteiger partial charge in [0.05, 0.1) is 5.69 Å². The van der Waals surface area contributed by atoms with Crippen molar-refractivity contribution in [3.8, 4) is 11.3 Å². The van der Waals surface area contributed by atoms with Crippen LogP contribution in [-0.2, 0) is 0 Å². The Morgan fingerprint density at radius 2 is 1.74 bits per heavy atom. The maximum absolute atomic E-state index is 13.3. The van der Waals surface area contributed by atoms with E-state index in [2.05, 4.69) is 9.97 Å². The average molecular weight is 261 g/mol. The van der Waals surface area contributed by atoms with Gasteiger partial charge in [0.15, 0.2) is 0 Å². The van der Waals surface area contributed by atoms with E-state index in [1.54, 1.807) is 6.92 Å². The number of aromatic nitrogens is 2. The van der Waals surface area contributed by atoms with Crippen LogP contribution in [0.4, 0.5) is 14.6 Å². The van der Waals surface area contributed by atoms with E-state index >= 15 is 0 Å². The molecular weight excluding hydrogens is 248 g/mol. The Morgan fingerprint density at radius 1 is 1.11 bits per heavy atom. The Hall–Kier alpha value is -2.04. The molecule has 2 aromatic rings. The molecule has 1 aliphatic carbocycles. The molecule has 2 N–H and O–H groups in total. The number of nitrogen functional groups attached to an aromatic ring is 1. The average Bonchev–Trinajstić information content (AvgIpc) is 3.15. The molecule has 1 saturated carbocycles. The highest BCUT2D eigenvalue weighted by Crippen LogP contribution is 2.39. The molecule has 1 aromatic heterocycles. The van der Waals surface area contributed by atoms with Crippen LogP contribution in [0.15, 0.2) is 18.2 Å². The molecule has 0 spiro atoms. The number of halogens is 2. The van der Waals surface area contributed by atoms with E-state index in [1.807, 2.05) is 0 Å². The summed E-state index contributed by atoms with van der Waals surface area (Å²) >= 11 is 0. The van der Waals surface area contributed by atoms with Gasteiger partial charge < -0.3 is 5.73 Å². The van der Waals surface area contributed by atoms with Gasteiger partial charge in [0.2, 0.25) is 0 Å². The third-order valence-corrected chi connectivity index (χ3v) is 3.28. The minimum atomic E-state index is -0.625. The molecule has 3 rings (SSSR count). The highest BCUT2D eigenvalue weighted by molar-refractivity contribution is 5.67. The van der Waals surface area contributed by atoms with E-state index < -0.39 is 11.6 Å². The number of hydrogen-bond donors (Lipinski definition) is 1. The van der Waals surface area contributed by atoms with Crippen LogP contribution in [0.1, 0.15) is 30.1 Å². The van der Waals surface area contributed by atoms with E-state index in [4.69, 9.17) is 5.73 Å². The number of benzene rings is 1. The van der Waals surface area contributed by atoms with E-state index in [0.29, 0.717) is 34.4 Å². The van der Waals surface area contributed by atoms with Crippen LogP contribution < -0.4 is 5.73 Å². The van der Waals surface area contributed by atoms with Crippen molar-refractivity contribution in [3.63, 3.8) is 0 Å². The zero-order valence-corrected chi connectivity index (χ0v) is 10.5. The first-order chi connectivity index (χ1) is 9.04. The number of nitrogens with zero attached hydrogens (tertiary/aromatic N) is 2. The van der Waals surface area contributed by atoms with Gasteiger partial charge in [-0.15, -0.1) is 0 Å². The normalized spacial score (nSPS) is 14.7. The van der Waals surface area contributed by atoms with E-state index in [0.717, 1.165) is 18.9 Å². The summed E-state index contributed by atoms with van der Waals surface area (Å²) in [4.78, 5) is 8.67. The summed E-state index contributed by atoms with van der Waals surface area (Å²) in [6.07, 6.45) is 2.08. The number of nitrogens with two attached hydrogens (primary N) is 1. The number of anilines is 1. The number of rotatable bonds is 2. The van der Waals surface area contributed by atoms with Crippen molar-refractivity contribution in [2.75, 3.05) is 5.73 Å². The van der Waals surface area contributed by atoms with Crippen molar-refractivity contribution in [2.45, 2.75) is 25.7 Å². The van der Waals surface area contributed by atoms with Crippen LogP contribution in [0.3, 0.4) is 0 Å². The lowest BCUT2D eigenvalue weighted by Gasteiger charge is -2.10. The molecule has 1 aliphatic rings. The van der Waals surface area contributed by atoms with Crippen molar-refractivity contribution in [1.29, 1.82) is 0 Å². The summed E-state index contributed by atoms with van der Waals surface area (Å²) in [5.74, 6) is 0.124. The first kappa shape index (κ1) is 12.0. The molecule has 0 radical (unpaired) electrons. The van der Waals surface area contributed by atoms with Crippen LogP contribution in [-0.4, -0.2) is 9.97 Å². The Kier molecular flexibility index (Phi) is 2.69. The zero-order chi connectivity index (χ0) is 13.6. The minimum absolute atomic E-state index is 0.333. The SMILES string of the molecule is Cc1c(N)nc(C2CC2)nc1-c1cc(F)cc(F)c1. The summed E-state index contributed by atoms with van der Waals surface area (Å²) in [6, 6.07) is 3.36. The topological polar surface area (TPSA) is 51.8 Å². The molecule has 0 bridgehead atoms. The minimum Gasteiger partial charge on any atom is -0.383 e. The van der Waals surface area contributed by atoms with Crippen LogP contribution in [0.25, 0.3) is 11.3 Å². The maximum atomic E-state index is 13.3. The van der Waals surface area contributed by atoms with E-state index in [1.165, 1.54) is 12.1 Å². The van der Waals surface area contributed by atoms with Crippen molar-refractivity contribution < 1.29 is 8.78 Å². The summed E-state index contributed by atoms with van der Waals surface area (Å²) in [5.41, 5.74) is 7.41. The van der Waals surface area contributed by atoms with Gasteiger partial charge >= 0.3 is 0 Å². The number of hydrogen-bond acceptors (Lipinski definition) is 3. The molecular formula is C14H13F2N3. The quantitative estimate of drug-likeness (QED) is 0.903. The summed E-state index contributed by atoms with van der Waals surface area (Å²) in [5, 5.41) is 0. The van der Waals surface area contributed by atoms with E-state index in [9.17, 15) is 8.78 Å². The standard InChI is InChI=1S/C14H13F2N3/c1-7-12(9-4-10(15)6-11(16)5-9)18-14(8-2-3-8)19-13(7)17/h4-6,8H,2-3H2,1H3,(H2,17,18,19). The van der Waals surface area contributed by atoms with Crippen LogP contribution in [0.5, 0.6) is 0 Å². The fourth-order valence-corrected chi connectivity index (χ4v) is 2.05. The lowest BCUT2D eigenvalue weighted by molar-refractivity contribution is 0.584. The first-order valence-electron chi connectivity index (χ1n) is 6.15. The Bertz CT molecular complexity index is 631. The van der Waals surface area contributed by atoms with Gasteiger partial charge in [-0.2, -0.15) is 0 Å². The molecule has 5 heteroatoms. The second-order valence-electron chi connectivity index (χ2n) is 4.87. The predicted octanol–water partition coefficient (Wildman–Crippen LogP) is 3.19. The molecule has 0 aliphatic heterocycles. The lowest BCUT2D eigenvalue weighted by Crippen LogP contribution is -2.04. The third kappa shape index (κ3) is 2.28. The van der Waals surface area contributed by atoms with Crippen LogP contribution in [0.2, 0.25) is 0 Å². The van der Waals surface area contributed by atoms with Crippen LogP contribution >= 0.6 is 0 Å². The van der Waals surface area contributed by atoms with Crippen molar-refractivity contribution in [1.82, 2.24) is 9.97 Å². The summed E-state index contributed by atoms with van der Waals surface area (Å²) in [6.45, 7) is 1.75. The molecule has 0 amide bonds. The third-order valence-electron chi connectivity index (χ3n) is 3.28. The molecule has 1 heterocycles. The Labute approximate surface area is 109 Å². The van der Waals surface area contributed by atoms with Gasteiger partial charge in [-0.3, -0.25) is 0 Å². The second-order valence-corrected chi connectivity index (χ2v) is 4.87. The highest BCUT2D eigenvalue weighted by atomic mass is 19.1. The van der Waals surface area contributed by atoms with E-state index in [-0.39, 0.29) is 0 Å². The molecule has 1 aromatic carbocycles. The summed E-state index contributed by atoms with van der Waals surface area (Å²) < 4.78 is 26.6. The Morgan fingerprint density at radius 3 is 2.32 bits per heavy atom. The van der Waals surface area contributed by atoms with Gasteiger partial charge in [-0.05, 0) is 31.9 Å². The van der Waals surface area contributed by atoms with Gasteiger partial charge in [-0.1, -0.05) is 0 Å². The van der Waals surface area contributed by atoms with Crippen molar-refractivity contribution in [3.05, 3.63) is 41.2 Å². The molecule has 98 valence electrons. The molecule has 1 fully saturated rings. The highest BCUT2D eigenvalue weighted by Gasteiger charge is 2.28. The van der Waals surface area contributed by atoms with Crippen LogP contribution in [0, 0.1) is 18.6 Å². The molecule has 0 unspecified atom stereocenters. The fourth-order valence-electron chi connectivity index (χ4n) is 2.05. The smallest absolute Gasteiger partial charge is 0.134 e. The molecule has 0 atom stereocenters. The summed E-state index contributed by atoms with van der Waals surface area (Å²) in [7, 11) is 0. The first-order valence-corrected chi connectivity index (χ1v) is 6.15. The van der Waals surface area contributed by atoms with Crippen molar-refractivity contribution >= 4 is 5.82 Å². The molecule has 0 saturated heterocycles. The Balaban J connectivity index is 2.17. The molecule has 19 heavy (non-hydrogen) atoms. The predicted molar refractivity (Wildman–Crippen MR) is 68.5 cm³/mol. The largest absolute Gasteiger partial charge is 0.383 e. The van der Waals surface area contributed by atoms with Crippen molar-refractivity contribution in [2.24, 2.45) is 0 Å². The van der Waals surface area contributed by atoms with Gasteiger partial charge in [0.25, 0.3) is 0 Å². The maximum Gasteiger partial charge on any atom is 0.134 e. The zero-order valence-electron chi connectivity index (χ0n) is 10.5. The second kappa shape index (κ2) is 4.26. The lowest BCUT2D eigenvalue weighted by atomic mass is 10.1.